The Balaban J connectivity index is 2.29. The molecule has 0 aromatic heterocycles. The molecule has 1 aromatic rings. The third-order valence-corrected chi connectivity index (χ3v) is 4.87. The quantitative estimate of drug-likeness (QED) is 0.914. The largest absolute Gasteiger partial charge is 0.480 e. The first kappa shape index (κ1) is 14.5. The molecule has 0 radical (unpaired) electrons. The molecule has 0 amide bonds. The van der Waals surface area contributed by atoms with Gasteiger partial charge in [-0.3, -0.25) is 9.69 Å². The number of nitrogens with zero attached hydrogens (tertiary/aromatic N) is 1. The average Bonchev–Trinajstić information content (AvgIpc) is 2.83. The molecule has 1 aliphatic heterocycles. The summed E-state index contributed by atoms with van der Waals surface area (Å²) in [7, 11) is 0. The second kappa shape index (κ2) is 5.63. The van der Waals surface area contributed by atoms with Crippen LogP contribution in [-0.4, -0.2) is 28.1 Å². The fourth-order valence-electron chi connectivity index (χ4n) is 3.15. The van der Waals surface area contributed by atoms with Crippen LogP contribution in [0.1, 0.15) is 44.7 Å². The third-order valence-electron chi connectivity index (χ3n) is 4.34. The topological polar surface area (TPSA) is 40.5 Å². The Hall–Kier alpha value is -0.870. The maximum Gasteiger partial charge on any atom is 0.324 e. The molecule has 3 nitrogen and oxygen atoms in total. The van der Waals surface area contributed by atoms with Gasteiger partial charge in [-0.25, -0.2) is 0 Å². The molecular weight excluding hydrogens is 306 g/mol. The second-order valence-electron chi connectivity index (χ2n) is 5.21. The molecule has 1 aromatic carbocycles. The lowest BCUT2D eigenvalue weighted by Gasteiger charge is -2.38. The van der Waals surface area contributed by atoms with E-state index < -0.39 is 11.5 Å². The van der Waals surface area contributed by atoms with E-state index in [0.717, 1.165) is 23.9 Å². The normalized spacial score (nSPS) is 25.4. The van der Waals surface area contributed by atoms with Gasteiger partial charge in [0, 0.05) is 10.5 Å². The summed E-state index contributed by atoms with van der Waals surface area (Å²) in [5.74, 6) is -0.684. The van der Waals surface area contributed by atoms with Crippen molar-refractivity contribution in [1.82, 2.24) is 4.90 Å². The van der Waals surface area contributed by atoms with Crippen molar-refractivity contribution in [2.75, 3.05) is 6.54 Å². The van der Waals surface area contributed by atoms with Crippen molar-refractivity contribution in [3.63, 3.8) is 0 Å². The smallest absolute Gasteiger partial charge is 0.324 e. The summed E-state index contributed by atoms with van der Waals surface area (Å²) in [5, 5.41) is 9.62. The number of rotatable bonds is 4. The van der Waals surface area contributed by atoms with E-state index in [0.29, 0.717) is 6.42 Å². The molecule has 0 saturated carbocycles. The lowest BCUT2D eigenvalue weighted by Crippen LogP contribution is -2.50. The van der Waals surface area contributed by atoms with Gasteiger partial charge in [0.2, 0.25) is 0 Å². The summed E-state index contributed by atoms with van der Waals surface area (Å²) >= 11 is 3.43. The number of carboxylic acids is 1. The highest BCUT2D eigenvalue weighted by Crippen LogP contribution is 2.39. The Morgan fingerprint density at radius 2 is 2.11 bits per heavy atom. The van der Waals surface area contributed by atoms with Crippen molar-refractivity contribution in [2.45, 2.75) is 44.7 Å². The van der Waals surface area contributed by atoms with Crippen LogP contribution in [-0.2, 0) is 4.79 Å². The Labute approximate surface area is 122 Å². The number of likely N-dealkylation sites (tertiary alicyclic amines) is 1. The Kier molecular flexibility index (Phi) is 4.31. The SMILES string of the molecule is CCC1(C(=O)O)CCCN1C(C)c1ccc(Br)cc1. The van der Waals surface area contributed by atoms with Crippen LogP contribution >= 0.6 is 15.9 Å². The monoisotopic (exact) mass is 325 g/mol. The zero-order valence-corrected chi connectivity index (χ0v) is 13.0. The number of hydrogen-bond donors (Lipinski definition) is 1. The molecule has 2 atom stereocenters. The second-order valence-corrected chi connectivity index (χ2v) is 6.13. The summed E-state index contributed by atoms with van der Waals surface area (Å²) < 4.78 is 1.05. The summed E-state index contributed by atoms with van der Waals surface area (Å²) in [6.07, 6.45) is 2.36. The van der Waals surface area contributed by atoms with Crippen LogP contribution in [0.3, 0.4) is 0 Å². The first-order valence-electron chi connectivity index (χ1n) is 6.77. The van der Waals surface area contributed by atoms with Crippen LogP contribution in [0.25, 0.3) is 0 Å². The lowest BCUT2D eigenvalue weighted by molar-refractivity contribution is -0.151. The molecule has 0 aliphatic carbocycles. The fraction of sp³-hybridized carbons (Fsp3) is 0.533. The zero-order chi connectivity index (χ0) is 14.0. The Morgan fingerprint density at radius 3 is 2.63 bits per heavy atom. The molecule has 2 rings (SSSR count). The van der Waals surface area contributed by atoms with Crippen LogP contribution in [0.15, 0.2) is 28.7 Å². The van der Waals surface area contributed by atoms with Crippen LogP contribution in [0, 0.1) is 0 Å². The highest BCUT2D eigenvalue weighted by Gasteiger charge is 2.48. The summed E-state index contributed by atoms with van der Waals surface area (Å²) in [6.45, 7) is 4.93. The van der Waals surface area contributed by atoms with Gasteiger partial charge in [0.1, 0.15) is 5.54 Å². The van der Waals surface area contributed by atoms with Crippen LogP contribution < -0.4 is 0 Å². The predicted molar refractivity (Wildman–Crippen MR) is 79.2 cm³/mol. The number of benzene rings is 1. The standard InChI is InChI=1S/C15H20BrNO2/c1-3-15(14(18)19)9-4-10-17(15)11(2)12-5-7-13(16)8-6-12/h5-8,11H,3-4,9-10H2,1-2H3,(H,18,19). The summed E-state index contributed by atoms with van der Waals surface area (Å²) in [5.41, 5.74) is 0.483. The molecule has 2 unspecified atom stereocenters. The van der Waals surface area contributed by atoms with Gasteiger partial charge in [-0.2, -0.15) is 0 Å². The van der Waals surface area contributed by atoms with Gasteiger partial charge in [-0.15, -0.1) is 0 Å². The molecular formula is C15H20BrNO2. The lowest BCUT2D eigenvalue weighted by atomic mass is 9.91. The number of aliphatic carboxylic acids is 1. The average molecular weight is 326 g/mol. The van der Waals surface area contributed by atoms with Crippen molar-refractivity contribution in [3.8, 4) is 0 Å². The van der Waals surface area contributed by atoms with E-state index >= 15 is 0 Å². The summed E-state index contributed by atoms with van der Waals surface area (Å²) in [4.78, 5) is 13.9. The fourth-order valence-corrected chi connectivity index (χ4v) is 3.41. The molecule has 0 bridgehead atoms. The van der Waals surface area contributed by atoms with Gasteiger partial charge >= 0.3 is 5.97 Å². The maximum atomic E-state index is 11.7. The molecule has 19 heavy (non-hydrogen) atoms. The first-order valence-corrected chi connectivity index (χ1v) is 7.56. The number of halogens is 1. The Bertz CT molecular complexity index is 460. The number of carboxylic acid groups (broad SMARTS) is 1. The number of carbonyl (C=O) groups is 1. The minimum atomic E-state index is -0.688. The Morgan fingerprint density at radius 1 is 1.47 bits per heavy atom. The van der Waals surface area contributed by atoms with Gasteiger partial charge in [0.25, 0.3) is 0 Å². The zero-order valence-electron chi connectivity index (χ0n) is 11.4. The number of hydrogen-bond acceptors (Lipinski definition) is 2. The third kappa shape index (κ3) is 2.56. The van der Waals surface area contributed by atoms with Crippen LogP contribution in [0.5, 0.6) is 0 Å². The van der Waals surface area contributed by atoms with E-state index in [1.807, 2.05) is 19.1 Å². The first-order chi connectivity index (χ1) is 9.01. The van der Waals surface area contributed by atoms with E-state index in [4.69, 9.17) is 0 Å². The molecule has 1 saturated heterocycles. The van der Waals surface area contributed by atoms with E-state index in [1.165, 1.54) is 5.56 Å². The molecule has 1 fully saturated rings. The van der Waals surface area contributed by atoms with Crippen LogP contribution in [0.2, 0.25) is 0 Å². The van der Waals surface area contributed by atoms with Gasteiger partial charge in [-0.1, -0.05) is 35.0 Å². The predicted octanol–water partition coefficient (Wildman–Crippen LogP) is 3.84. The van der Waals surface area contributed by atoms with Gasteiger partial charge < -0.3 is 5.11 Å². The minimum Gasteiger partial charge on any atom is -0.480 e. The highest BCUT2D eigenvalue weighted by molar-refractivity contribution is 9.10. The molecule has 4 heteroatoms. The maximum absolute atomic E-state index is 11.7. The van der Waals surface area contributed by atoms with E-state index in [-0.39, 0.29) is 6.04 Å². The van der Waals surface area contributed by atoms with Gasteiger partial charge in [0.15, 0.2) is 0 Å². The molecule has 104 valence electrons. The van der Waals surface area contributed by atoms with Crippen molar-refractivity contribution in [1.29, 1.82) is 0 Å². The van der Waals surface area contributed by atoms with Crippen LogP contribution in [0.4, 0.5) is 0 Å². The van der Waals surface area contributed by atoms with Gasteiger partial charge in [0.05, 0.1) is 0 Å². The van der Waals surface area contributed by atoms with E-state index in [9.17, 15) is 9.90 Å². The molecule has 0 spiro atoms. The van der Waals surface area contributed by atoms with Crippen molar-refractivity contribution < 1.29 is 9.90 Å². The van der Waals surface area contributed by atoms with Crippen molar-refractivity contribution in [3.05, 3.63) is 34.3 Å². The minimum absolute atomic E-state index is 0.131. The van der Waals surface area contributed by atoms with E-state index in [1.54, 1.807) is 0 Å². The van der Waals surface area contributed by atoms with E-state index in [2.05, 4.69) is 39.9 Å². The molecule has 1 heterocycles. The van der Waals surface area contributed by atoms with Crippen molar-refractivity contribution >= 4 is 21.9 Å². The summed E-state index contributed by atoms with van der Waals surface area (Å²) in [6, 6.07) is 8.28. The molecule has 1 N–H and O–H groups in total. The molecule has 1 aliphatic rings. The van der Waals surface area contributed by atoms with Gasteiger partial charge in [-0.05, 0) is 50.4 Å². The van der Waals surface area contributed by atoms with Crippen molar-refractivity contribution in [2.24, 2.45) is 0 Å². The highest BCUT2D eigenvalue weighted by atomic mass is 79.9.